The van der Waals surface area contributed by atoms with Gasteiger partial charge in [0.1, 0.15) is 33.4 Å². The van der Waals surface area contributed by atoms with E-state index in [1.165, 1.54) is 17.7 Å². The summed E-state index contributed by atoms with van der Waals surface area (Å²) in [4.78, 5) is 22.7. The van der Waals surface area contributed by atoms with Crippen molar-refractivity contribution in [1.29, 1.82) is 0 Å². The highest BCUT2D eigenvalue weighted by molar-refractivity contribution is 7.20. The minimum absolute atomic E-state index is 0.314. The summed E-state index contributed by atoms with van der Waals surface area (Å²) in [5.41, 5.74) is 2.60. The molecule has 0 unspecified atom stereocenters. The van der Waals surface area contributed by atoms with Gasteiger partial charge in [0.2, 0.25) is 0 Å². The molecule has 0 amide bonds. The van der Waals surface area contributed by atoms with E-state index in [9.17, 15) is 4.79 Å². The number of hydrogen-bond donors (Lipinski definition) is 1. The van der Waals surface area contributed by atoms with Crippen LogP contribution in [-0.4, -0.2) is 36.8 Å². The van der Waals surface area contributed by atoms with Crippen LogP contribution in [0.15, 0.2) is 54.9 Å². The molecule has 32 heavy (non-hydrogen) atoms. The lowest BCUT2D eigenvalue weighted by molar-refractivity contribution is 0.0514. The van der Waals surface area contributed by atoms with Crippen LogP contribution in [0, 0.1) is 6.92 Å². The Morgan fingerprint density at radius 1 is 1.06 bits per heavy atom. The number of rotatable bonds is 8. The number of nitrogens with zero attached hydrogens (tertiary/aromatic N) is 2. The molecule has 1 N–H and O–H groups in total. The molecule has 0 saturated heterocycles. The van der Waals surface area contributed by atoms with E-state index in [0.29, 0.717) is 45.7 Å². The average Bonchev–Trinajstić information content (AvgIpc) is 3.17. The first kappa shape index (κ1) is 21.6. The summed E-state index contributed by atoms with van der Waals surface area (Å²) >= 11 is 1.30. The van der Waals surface area contributed by atoms with E-state index in [0.717, 1.165) is 16.5 Å². The van der Waals surface area contributed by atoms with Gasteiger partial charge < -0.3 is 19.5 Å². The van der Waals surface area contributed by atoms with Crippen LogP contribution in [0.1, 0.15) is 20.8 Å². The summed E-state index contributed by atoms with van der Waals surface area (Å²) in [5.74, 6) is 1.55. The third-order valence-corrected chi connectivity index (χ3v) is 6.22. The fraction of sp³-hybridized carbons (Fsp3) is 0.208. The first-order valence-corrected chi connectivity index (χ1v) is 10.9. The van der Waals surface area contributed by atoms with Crippen molar-refractivity contribution in [3.63, 3.8) is 0 Å². The largest absolute Gasteiger partial charge is 0.497 e. The molecule has 2 aromatic heterocycles. The van der Waals surface area contributed by atoms with Gasteiger partial charge in [-0.1, -0.05) is 30.3 Å². The lowest BCUT2D eigenvalue weighted by atomic mass is 10.2. The molecule has 0 spiro atoms. The Labute approximate surface area is 190 Å². The monoisotopic (exact) mass is 449 g/mol. The van der Waals surface area contributed by atoms with Crippen molar-refractivity contribution in [3.8, 4) is 11.5 Å². The summed E-state index contributed by atoms with van der Waals surface area (Å²) in [5, 5.41) is 4.07. The predicted octanol–water partition coefficient (Wildman–Crippen LogP) is 5.16. The van der Waals surface area contributed by atoms with Crippen LogP contribution in [0.2, 0.25) is 0 Å². The number of esters is 1. The molecule has 0 bridgehead atoms. The van der Waals surface area contributed by atoms with E-state index < -0.39 is 0 Å². The quantitative estimate of drug-likeness (QED) is 0.372. The molecule has 7 nitrogen and oxygen atoms in total. The number of aromatic nitrogens is 2. The van der Waals surface area contributed by atoms with Gasteiger partial charge in [-0.25, -0.2) is 14.8 Å². The minimum Gasteiger partial charge on any atom is -0.497 e. The van der Waals surface area contributed by atoms with Crippen LogP contribution in [0.3, 0.4) is 0 Å². The molecule has 0 saturated carbocycles. The van der Waals surface area contributed by atoms with Crippen molar-refractivity contribution in [3.05, 3.63) is 70.9 Å². The number of aryl methyl sites for hydroxylation is 1. The van der Waals surface area contributed by atoms with E-state index in [1.54, 1.807) is 14.2 Å². The highest BCUT2D eigenvalue weighted by Gasteiger charge is 2.21. The summed E-state index contributed by atoms with van der Waals surface area (Å²) < 4.78 is 16.3. The molecule has 0 aliphatic heterocycles. The number of hydrogen-bond acceptors (Lipinski definition) is 8. The van der Waals surface area contributed by atoms with Crippen LogP contribution in [0.25, 0.3) is 10.2 Å². The summed E-state index contributed by atoms with van der Waals surface area (Å²) in [6.07, 6.45) is 2.14. The molecule has 164 valence electrons. The van der Waals surface area contributed by atoms with Gasteiger partial charge >= 0.3 is 5.97 Å². The van der Waals surface area contributed by atoms with E-state index >= 15 is 0 Å². The van der Waals surface area contributed by atoms with E-state index in [1.807, 2.05) is 55.5 Å². The van der Waals surface area contributed by atoms with E-state index in [2.05, 4.69) is 15.3 Å². The molecule has 4 aromatic rings. The fourth-order valence-corrected chi connectivity index (χ4v) is 4.41. The Hall–Kier alpha value is -3.65. The topological polar surface area (TPSA) is 82.6 Å². The summed E-state index contributed by atoms with van der Waals surface area (Å²) in [7, 11) is 3.20. The fourth-order valence-electron chi connectivity index (χ4n) is 3.37. The van der Waals surface area contributed by atoms with Crippen LogP contribution >= 0.6 is 11.3 Å². The number of fused-ring (bicyclic) bond motifs is 1. The van der Waals surface area contributed by atoms with E-state index in [-0.39, 0.29) is 5.97 Å². The number of anilines is 2. The van der Waals surface area contributed by atoms with Gasteiger partial charge in [-0.3, -0.25) is 0 Å². The first-order chi connectivity index (χ1) is 15.6. The maximum atomic E-state index is 12.8. The Kier molecular flexibility index (Phi) is 6.51. The van der Waals surface area contributed by atoms with Crippen molar-refractivity contribution in [2.45, 2.75) is 13.3 Å². The second-order valence-electron chi connectivity index (χ2n) is 7.02. The van der Waals surface area contributed by atoms with Gasteiger partial charge in [0.05, 0.1) is 31.9 Å². The molecule has 2 heterocycles. The second-order valence-corrected chi connectivity index (χ2v) is 8.02. The number of ether oxygens (including phenoxy) is 3. The van der Waals surface area contributed by atoms with Crippen molar-refractivity contribution in [2.75, 3.05) is 26.1 Å². The van der Waals surface area contributed by atoms with Gasteiger partial charge in [-0.05, 0) is 30.2 Å². The van der Waals surface area contributed by atoms with Crippen LogP contribution in [-0.2, 0) is 11.2 Å². The third-order valence-electron chi connectivity index (χ3n) is 5.04. The number of carbonyl (C=O) groups is 1. The highest BCUT2D eigenvalue weighted by atomic mass is 32.1. The smallest absolute Gasteiger partial charge is 0.348 e. The summed E-state index contributed by atoms with van der Waals surface area (Å²) in [6.45, 7) is 2.19. The molecule has 2 aromatic carbocycles. The normalized spacial score (nSPS) is 10.7. The molecule has 0 atom stereocenters. The Balaban J connectivity index is 1.58. The first-order valence-electron chi connectivity index (χ1n) is 10.0. The average molecular weight is 450 g/mol. The summed E-state index contributed by atoms with van der Waals surface area (Å²) in [6, 6.07) is 15.4. The second kappa shape index (κ2) is 9.65. The van der Waals surface area contributed by atoms with E-state index in [4.69, 9.17) is 14.2 Å². The van der Waals surface area contributed by atoms with Crippen LogP contribution in [0.5, 0.6) is 11.5 Å². The zero-order valence-electron chi connectivity index (χ0n) is 18.0. The maximum absolute atomic E-state index is 12.8. The van der Waals surface area contributed by atoms with Gasteiger partial charge in [0, 0.05) is 12.5 Å². The van der Waals surface area contributed by atoms with Gasteiger partial charge in [0.25, 0.3) is 0 Å². The van der Waals surface area contributed by atoms with Gasteiger partial charge in [-0.15, -0.1) is 11.3 Å². The predicted molar refractivity (Wildman–Crippen MR) is 125 cm³/mol. The molecule has 8 heteroatoms. The Morgan fingerprint density at radius 3 is 2.62 bits per heavy atom. The molecule has 0 aliphatic carbocycles. The number of thiophene rings is 1. The SMILES string of the molecule is COc1ccc(OC)c(Nc2ncnc3sc(C(=O)OCCc4ccccc4)c(C)c23)c1. The zero-order chi connectivity index (χ0) is 22.5. The zero-order valence-corrected chi connectivity index (χ0v) is 18.9. The Bertz CT molecular complexity index is 1240. The molecule has 0 radical (unpaired) electrons. The Morgan fingerprint density at radius 2 is 1.88 bits per heavy atom. The lowest BCUT2D eigenvalue weighted by Gasteiger charge is -2.13. The molecule has 4 rings (SSSR count). The van der Waals surface area contributed by atoms with Gasteiger partial charge in [-0.2, -0.15) is 0 Å². The van der Waals surface area contributed by atoms with Crippen molar-refractivity contribution in [1.82, 2.24) is 9.97 Å². The minimum atomic E-state index is -0.355. The standard InChI is InChI=1S/C24H23N3O4S/c1-15-20-22(27-18-13-17(29-2)9-10-19(18)30-3)25-14-26-23(20)32-21(15)24(28)31-12-11-16-7-5-4-6-8-16/h4-10,13-14H,11-12H2,1-3H3,(H,25,26,27). The lowest BCUT2D eigenvalue weighted by Crippen LogP contribution is -2.07. The highest BCUT2D eigenvalue weighted by Crippen LogP contribution is 2.37. The molecular weight excluding hydrogens is 426 g/mol. The number of methoxy groups -OCH3 is 2. The molecular formula is C24H23N3O4S. The van der Waals surface area contributed by atoms with Gasteiger partial charge in [0.15, 0.2) is 0 Å². The number of benzene rings is 2. The number of carbonyl (C=O) groups excluding carboxylic acids is 1. The molecule has 0 fully saturated rings. The molecule has 0 aliphatic rings. The number of nitrogens with one attached hydrogen (secondary N) is 1. The van der Waals surface area contributed by atoms with Crippen molar-refractivity contribution >= 4 is 39.0 Å². The van der Waals surface area contributed by atoms with Crippen LogP contribution < -0.4 is 14.8 Å². The third kappa shape index (κ3) is 4.50. The van der Waals surface area contributed by atoms with Crippen LogP contribution in [0.4, 0.5) is 11.5 Å². The maximum Gasteiger partial charge on any atom is 0.348 e. The van der Waals surface area contributed by atoms with Crippen molar-refractivity contribution < 1.29 is 19.0 Å². The van der Waals surface area contributed by atoms with Crippen molar-refractivity contribution in [2.24, 2.45) is 0 Å².